The number of benzene rings is 1. The number of carbonyl (C=O) groups excluding carboxylic acids is 1. The van der Waals surface area contributed by atoms with Crippen LogP contribution in [0.3, 0.4) is 0 Å². The van der Waals surface area contributed by atoms with E-state index >= 15 is 0 Å². The maximum atomic E-state index is 12.7. The summed E-state index contributed by atoms with van der Waals surface area (Å²) in [5, 5.41) is 2.81. The smallest absolute Gasteiger partial charge is 0.330 e. The molecular weight excluding hydrogens is 386 g/mol. The van der Waals surface area contributed by atoms with Crippen LogP contribution in [-0.4, -0.2) is 35.7 Å². The van der Waals surface area contributed by atoms with Crippen molar-refractivity contribution < 1.29 is 9.53 Å². The molecule has 0 aliphatic heterocycles. The van der Waals surface area contributed by atoms with Gasteiger partial charge in [-0.1, -0.05) is 27.7 Å². The second kappa shape index (κ2) is 10.00. The average Bonchev–Trinajstić information content (AvgIpc) is 2.64. The summed E-state index contributed by atoms with van der Waals surface area (Å²) < 4.78 is 6.46. The van der Waals surface area contributed by atoms with Crippen LogP contribution in [0, 0.1) is 11.8 Å². The highest BCUT2D eigenvalue weighted by atomic mass is 16.5. The molecule has 0 bridgehead atoms. The quantitative estimate of drug-likeness (QED) is 0.573. The fourth-order valence-electron chi connectivity index (χ4n) is 3.15. The number of rotatable bonds is 9. The van der Waals surface area contributed by atoms with Crippen molar-refractivity contribution in [3.8, 4) is 5.75 Å². The molecular formula is C21H31N5O4. The number of carbonyl (C=O) groups is 1. The molecule has 0 saturated heterocycles. The van der Waals surface area contributed by atoms with Gasteiger partial charge in [0.25, 0.3) is 5.56 Å². The number of ether oxygens (including phenoxy) is 1. The maximum absolute atomic E-state index is 12.7. The van der Waals surface area contributed by atoms with E-state index < -0.39 is 11.2 Å². The average molecular weight is 418 g/mol. The van der Waals surface area contributed by atoms with E-state index in [0.29, 0.717) is 24.5 Å². The first-order valence-corrected chi connectivity index (χ1v) is 9.93. The third-order valence-corrected chi connectivity index (χ3v) is 4.37. The highest BCUT2D eigenvalue weighted by Crippen LogP contribution is 2.20. The second-order valence-electron chi connectivity index (χ2n) is 8.05. The molecule has 4 N–H and O–H groups in total. The molecule has 1 aromatic carbocycles. The molecule has 1 aromatic heterocycles. The Kier molecular flexibility index (Phi) is 7.68. The molecule has 0 saturated carbocycles. The van der Waals surface area contributed by atoms with E-state index in [0.717, 1.165) is 0 Å². The summed E-state index contributed by atoms with van der Waals surface area (Å²) in [6.07, 6.45) is 0. The maximum Gasteiger partial charge on any atom is 0.330 e. The number of hydrogen-bond donors (Lipinski definition) is 3. The number of nitrogens with two attached hydrogens (primary N) is 1. The van der Waals surface area contributed by atoms with E-state index in [-0.39, 0.29) is 35.8 Å². The number of anilines is 3. The lowest BCUT2D eigenvalue weighted by Gasteiger charge is -2.27. The van der Waals surface area contributed by atoms with Gasteiger partial charge in [0.15, 0.2) is 0 Å². The first-order valence-electron chi connectivity index (χ1n) is 9.93. The number of aromatic amines is 1. The minimum absolute atomic E-state index is 0.0651. The van der Waals surface area contributed by atoms with Crippen molar-refractivity contribution in [2.24, 2.45) is 11.8 Å². The number of methoxy groups -OCH3 is 1. The van der Waals surface area contributed by atoms with Crippen molar-refractivity contribution in [2.75, 3.05) is 36.1 Å². The van der Waals surface area contributed by atoms with Gasteiger partial charge in [0, 0.05) is 18.8 Å². The number of nitrogens with zero attached hydrogens (tertiary/aromatic N) is 2. The van der Waals surface area contributed by atoms with Crippen molar-refractivity contribution in [1.29, 1.82) is 0 Å². The van der Waals surface area contributed by atoms with Gasteiger partial charge in [-0.25, -0.2) is 4.79 Å². The zero-order valence-corrected chi connectivity index (χ0v) is 18.2. The van der Waals surface area contributed by atoms with E-state index in [2.05, 4.69) is 10.3 Å². The molecule has 9 heteroatoms. The number of hydrogen-bond acceptors (Lipinski definition) is 6. The number of amides is 1. The monoisotopic (exact) mass is 417 g/mol. The fourth-order valence-corrected chi connectivity index (χ4v) is 3.15. The summed E-state index contributed by atoms with van der Waals surface area (Å²) in [6.45, 7) is 8.55. The summed E-state index contributed by atoms with van der Waals surface area (Å²) in [6, 6.07) is 6.94. The van der Waals surface area contributed by atoms with Gasteiger partial charge in [-0.3, -0.25) is 19.1 Å². The van der Waals surface area contributed by atoms with Crippen LogP contribution in [0.25, 0.3) is 0 Å². The number of nitrogens with one attached hydrogen (secondary N) is 2. The molecule has 1 heterocycles. The van der Waals surface area contributed by atoms with Crippen LogP contribution in [0.15, 0.2) is 33.9 Å². The van der Waals surface area contributed by atoms with Crippen LogP contribution in [0.5, 0.6) is 5.75 Å². The molecule has 1 amide bonds. The van der Waals surface area contributed by atoms with Crippen LogP contribution < -0.4 is 31.9 Å². The van der Waals surface area contributed by atoms with Crippen LogP contribution in [0.4, 0.5) is 17.2 Å². The minimum atomic E-state index is -0.601. The summed E-state index contributed by atoms with van der Waals surface area (Å²) in [5.74, 6) is 0.751. The first-order chi connectivity index (χ1) is 14.1. The lowest BCUT2D eigenvalue weighted by Crippen LogP contribution is -2.43. The van der Waals surface area contributed by atoms with Gasteiger partial charge < -0.3 is 20.7 Å². The summed E-state index contributed by atoms with van der Waals surface area (Å²) in [4.78, 5) is 41.4. The van der Waals surface area contributed by atoms with Gasteiger partial charge in [-0.2, -0.15) is 0 Å². The molecule has 0 atom stereocenters. The largest absolute Gasteiger partial charge is 0.497 e. The van der Waals surface area contributed by atoms with Crippen LogP contribution in [0.2, 0.25) is 0 Å². The topological polar surface area (TPSA) is 122 Å². The molecule has 0 radical (unpaired) electrons. The molecule has 0 spiro atoms. The summed E-state index contributed by atoms with van der Waals surface area (Å²) in [5.41, 5.74) is 5.81. The molecule has 0 fully saturated rings. The Morgan fingerprint density at radius 3 is 2.33 bits per heavy atom. The molecule has 2 rings (SSSR count). The van der Waals surface area contributed by atoms with Crippen molar-refractivity contribution in [2.45, 2.75) is 34.2 Å². The van der Waals surface area contributed by atoms with Gasteiger partial charge in [0.1, 0.15) is 17.3 Å². The van der Waals surface area contributed by atoms with Gasteiger partial charge in [0.05, 0.1) is 13.7 Å². The van der Waals surface area contributed by atoms with Gasteiger partial charge in [0.2, 0.25) is 5.91 Å². The van der Waals surface area contributed by atoms with Crippen molar-refractivity contribution in [3.63, 3.8) is 0 Å². The lowest BCUT2D eigenvalue weighted by molar-refractivity contribution is -0.115. The zero-order valence-electron chi connectivity index (χ0n) is 18.2. The Balaban J connectivity index is 2.34. The highest BCUT2D eigenvalue weighted by molar-refractivity contribution is 5.94. The molecule has 0 aliphatic carbocycles. The molecule has 2 aromatic rings. The summed E-state index contributed by atoms with van der Waals surface area (Å²) in [7, 11) is 1.57. The number of aromatic nitrogens is 2. The SMILES string of the molecule is COc1ccc(NC(=O)CN(CC(C)C)c2c(N)n(CC(C)C)c(=O)[nH]c2=O)cc1. The molecule has 0 aliphatic rings. The Morgan fingerprint density at radius 1 is 1.17 bits per heavy atom. The molecule has 164 valence electrons. The standard InChI is InChI=1S/C21H31N5O4/c1-13(2)10-25(12-17(27)23-15-6-8-16(30-5)9-7-15)18-19(22)26(11-14(3)4)21(29)24-20(18)28/h6-9,13-14H,10-12,22H2,1-5H3,(H,23,27)(H,24,28,29). The molecule has 0 unspecified atom stereocenters. The van der Waals surface area contributed by atoms with Crippen molar-refractivity contribution in [1.82, 2.24) is 9.55 Å². The zero-order chi connectivity index (χ0) is 22.4. The highest BCUT2D eigenvalue weighted by Gasteiger charge is 2.22. The van der Waals surface area contributed by atoms with E-state index in [1.807, 2.05) is 27.7 Å². The predicted octanol–water partition coefficient (Wildman–Crippen LogP) is 1.88. The van der Waals surface area contributed by atoms with Gasteiger partial charge in [-0.05, 0) is 36.1 Å². The second-order valence-corrected chi connectivity index (χ2v) is 8.05. The van der Waals surface area contributed by atoms with E-state index in [4.69, 9.17) is 10.5 Å². The summed E-state index contributed by atoms with van der Waals surface area (Å²) >= 11 is 0. The van der Waals surface area contributed by atoms with Gasteiger partial charge in [-0.15, -0.1) is 0 Å². The van der Waals surface area contributed by atoms with E-state index in [1.54, 1.807) is 36.3 Å². The Hall–Kier alpha value is -3.23. The normalized spacial score (nSPS) is 11.0. The Labute approximate surface area is 175 Å². The predicted molar refractivity (Wildman–Crippen MR) is 119 cm³/mol. The van der Waals surface area contributed by atoms with Crippen molar-refractivity contribution >= 4 is 23.1 Å². The third kappa shape index (κ3) is 5.88. The first kappa shape index (κ1) is 23.1. The minimum Gasteiger partial charge on any atom is -0.497 e. The van der Waals surface area contributed by atoms with Crippen molar-refractivity contribution in [3.05, 3.63) is 45.1 Å². The molecule has 9 nitrogen and oxygen atoms in total. The van der Waals surface area contributed by atoms with Crippen LogP contribution >= 0.6 is 0 Å². The third-order valence-electron chi connectivity index (χ3n) is 4.37. The Morgan fingerprint density at radius 2 is 1.80 bits per heavy atom. The number of H-pyrrole nitrogens is 1. The number of nitrogen functional groups attached to an aromatic ring is 1. The Bertz CT molecular complexity index is 976. The van der Waals surface area contributed by atoms with E-state index in [9.17, 15) is 14.4 Å². The van der Waals surface area contributed by atoms with Gasteiger partial charge >= 0.3 is 5.69 Å². The lowest BCUT2D eigenvalue weighted by atomic mass is 10.2. The van der Waals surface area contributed by atoms with E-state index in [1.165, 1.54) is 4.57 Å². The molecule has 30 heavy (non-hydrogen) atoms. The fraction of sp³-hybridized carbons (Fsp3) is 0.476. The van der Waals surface area contributed by atoms with Crippen LogP contribution in [0.1, 0.15) is 27.7 Å². The van der Waals surface area contributed by atoms with Crippen LogP contribution in [-0.2, 0) is 11.3 Å².